The second kappa shape index (κ2) is 4.87. The highest BCUT2D eigenvalue weighted by Gasteiger charge is 2.44. The van der Waals surface area contributed by atoms with E-state index in [-0.39, 0.29) is 23.3 Å². The molecule has 118 valence electrons. The van der Waals surface area contributed by atoms with Gasteiger partial charge in [0.25, 0.3) is 0 Å². The normalized spacial score (nSPS) is 19.6. The van der Waals surface area contributed by atoms with Crippen molar-refractivity contribution in [2.75, 3.05) is 0 Å². The van der Waals surface area contributed by atoms with Crippen molar-refractivity contribution < 1.29 is 10.2 Å². The van der Waals surface area contributed by atoms with Gasteiger partial charge in [-0.2, -0.15) is 0 Å². The summed E-state index contributed by atoms with van der Waals surface area (Å²) in [5.41, 5.74) is 6.44. The Bertz CT molecular complexity index is 945. The van der Waals surface area contributed by atoms with Crippen molar-refractivity contribution in [3.8, 4) is 11.5 Å². The van der Waals surface area contributed by atoms with Crippen LogP contribution in [-0.2, 0) is 0 Å². The second-order valence-corrected chi connectivity index (χ2v) is 8.03. The van der Waals surface area contributed by atoms with E-state index in [0.717, 1.165) is 20.1 Å². The van der Waals surface area contributed by atoms with E-state index in [0.29, 0.717) is 0 Å². The zero-order valence-corrected chi connectivity index (χ0v) is 15.6. The summed E-state index contributed by atoms with van der Waals surface area (Å²) >= 11 is 7.20. The topological polar surface area (TPSA) is 40.5 Å². The van der Waals surface area contributed by atoms with E-state index in [2.05, 4.69) is 56.1 Å². The summed E-state index contributed by atoms with van der Waals surface area (Å²) < 4.78 is 1.99. The molecule has 4 heteroatoms. The first-order chi connectivity index (χ1) is 11.6. The molecule has 0 unspecified atom stereocenters. The highest BCUT2D eigenvalue weighted by Crippen LogP contribution is 2.60. The molecular weight excluding hydrogens is 432 g/mol. The Hall–Kier alpha value is -1.78. The summed E-state index contributed by atoms with van der Waals surface area (Å²) in [4.78, 5) is 0. The molecule has 0 saturated heterocycles. The van der Waals surface area contributed by atoms with E-state index in [1.54, 1.807) is 12.1 Å². The number of aromatic hydroxyl groups is 2. The lowest BCUT2D eigenvalue weighted by Crippen LogP contribution is -2.27. The molecule has 3 aromatic carbocycles. The first kappa shape index (κ1) is 14.6. The fourth-order valence-electron chi connectivity index (χ4n) is 4.29. The number of benzene rings is 3. The van der Waals surface area contributed by atoms with E-state index < -0.39 is 0 Å². The Morgan fingerprint density at radius 2 is 1.04 bits per heavy atom. The summed E-state index contributed by atoms with van der Waals surface area (Å²) in [6.07, 6.45) is 0. The van der Waals surface area contributed by atoms with Crippen LogP contribution in [0.5, 0.6) is 11.5 Å². The van der Waals surface area contributed by atoms with Crippen LogP contribution in [0.15, 0.2) is 57.5 Å². The van der Waals surface area contributed by atoms with Crippen LogP contribution in [0.2, 0.25) is 0 Å². The van der Waals surface area contributed by atoms with Crippen LogP contribution in [0, 0.1) is 0 Å². The maximum atomic E-state index is 10.5. The molecule has 2 nitrogen and oxygen atoms in total. The third-order valence-corrected chi connectivity index (χ3v) is 7.03. The van der Waals surface area contributed by atoms with Gasteiger partial charge in [-0.25, -0.2) is 0 Å². The van der Waals surface area contributed by atoms with E-state index in [4.69, 9.17) is 0 Å². The van der Waals surface area contributed by atoms with Gasteiger partial charge >= 0.3 is 0 Å². The summed E-state index contributed by atoms with van der Waals surface area (Å²) in [7, 11) is 0. The van der Waals surface area contributed by atoms with Gasteiger partial charge in [0.1, 0.15) is 11.5 Å². The van der Waals surface area contributed by atoms with Crippen molar-refractivity contribution in [2.45, 2.75) is 11.8 Å². The van der Waals surface area contributed by atoms with Crippen molar-refractivity contribution >= 4 is 31.9 Å². The summed E-state index contributed by atoms with van der Waals surface area (Å²) in [6.45, 7) is 0. The van der Waals surface area contributed by atoms with Gasteiger partial charge < -0.3 is 10.2 Å². The number of hydrogen-bond donors (Lipinski definition) is 2. The molecule has 0 aliphatic heterocycles. The smallest absolute Gasteiger partial charge is 0.120 e. The Morgan fingerprint density at radius 1 is 0.625 bits per heavy atom. The maximum Gasteiger partial charge on any atom is 0.120 e. The molecular formula is C20H12Br2O2. The summed E-state index contributed by atoms with van der Waals surface area (Å²) in [5, 5.41) is 21.1. The Labute approximate surface area is 156 Å². The molecule has 3 aromatic rings. The third kappa shape index (κ3) is 1.70. The van der Waals surface area contributed by atoms with Crippen molar-refractivity contribution in [1.82, 2.24) is 0 Å². The molecule has 24 heavy (non-hydrogen) atoms. The first-order valence-electron chi connectivity index (χ1n) is 7.70. The second-order valence-electron chi connectivity index (χ2n) is 6.32. The van der Waals surface area contributed by atoms with Crippen molar-refractivity contribution in [2.24, 2.45) is 0 Å². The van der Waals surface area contributed by atoms with Crippen LogP contribution in [0.4, 0.5) is 0 Å². The Kier molecular flexibility index (Phi) is 2.95. The average molecular weight is 444 g/mol. The molecule has 2 N–H and O–H groups in total. The minimum Gasteiger partial charge on any atom is -0.508 e. The van der Waals surface area contributed by atoms with Gasteiger partial charge in [0, 0.05) is 31.9 Å². The molecule has 2 atom stereocenters. The zero-order chi connectivity index (χ0) is 16.6. The van der Waals surface area contributed by atoms with E-state index in [1.165, 1.54) is 22.3 Å². The first-order valence-corrected chi connectivity index (χ1v) is 9.29. The third-order valence-electron chi connectivity index (χ3n) is 5.18. The predicted molar refractivity (Wildman–Crippen MR) is 99.9 cm³/mol. The monoisotopic (exact) mass is 442 g/mol. The van der Waals surface area contributed by atoms with E-state index in [1.807, 2.05) is 12.1 Å². The lowest BCUT2D eigenvalue weighted by molar-refractivity contribution is 0.440. The maximum absolute atomic E-state index is 10.5. The number of halogens is 2. The van der Waals surface area contributed by atoms with Gasteiger partial charge in [-0.05, 0) is 78.4 Å². The van der Waals surface area contributed by atoms with Crippen molar-refractivity contribution in [1.29, 1.82) is 0 Å². The minimum absolute atomic E-state index is 0.0623. The van der Waals surface area contributed by atoms with Crippen LogP contribution in [-0.4, -0.2) is 10.2 Å². The quantitative estimate of drug-likeness (QED) is 0.305. The summed E-state index contributed by atoms with van der Waals surface area (Å²) in [5.74, 6) is 0.370. The Morgan fingerprint density at radius 3 is 1.46 bits per heavy atom. The van der Waals surface area contributed by atoms with Gasteiger partial charge in [-0.1, -0.05) is 24.3 Å². The standard InChI is InChI=1S/C20H12Br2O2/c21-13-7-11-12(8-14(13)22)18-10-4-2-1-3-9(10)17(11)19-15(23)5-6-16(24)20(18)19/h1-8,17-18,23-24H/t17-,18+. The molecule has 0 spiro atoms. The van der Waals surface area contributed by atoms with Crippen LogP contribution in [0.3, 0.4) is 0 Å². The Balaban J connectivity index is 1.95. The predicted octanol–water partition coefficient (Wildman–Crippen LogP) is 5.61. The van der Waals surface area contributed by atoms with Gasteiger partial charge in [0.2, 0.25) is 0 Å². The molecule has 6 rings (SSSR count). The van der Waals surface area contributed by atoms with Crippen LogP contribution in [0.1, 0.15) is 45.2 Å². The number of phenolic OH excluding ortho intramolecular Hbond substituents is 2. The number of phenols is 2. The SMILES string of the molecule is Oc1ccc(O)c2c1[C@@H]1c3ccccc3[C@H]2c2cc(Br)c(Br)cc21. The molecule has 0 amide bonds. The molecule has 2 bridgehead atoms. The highest BCUT2D eigenvalue weighted by molar-refractivity contribution is 9.13. The lowest BCUT2D eigenvalue weighted by Gasteiger charge is -2.42. The van der Waals surface area contributed by atoms with Crippen LogP contribution < -0.4 is 0 Å². The van der Waals surface area contributed by atoms with Gasteiger partial charge in [0.05, 0.1) is 0 Å². The van der Waals surface area contributed by atoms with Gasteiger partial charge in [-0.3, -0.25) is 0 Å². The fourth-order valence-corrected chi connectivity index (χ4v) is 5.01. The summed E-state index contributed by atoms with van der Waals surface area (Å²) in [6, 6.07) is 15.7. The van der Waals surface area contributed by atoms with E-state index >= 15 is 0 Å². The molecule has 0 radical (unpaired) electrons. The lowest BCUT2D eigenvalue weighted by atomic mass is 9.60. The molecule has 0 fully saturated rings. The molecule has 0 heterocycles. The minimum atomic E-state index is -0.0623. The molecule has 3 aliphatic carbocycles. The van der Waals surface area contributed by atoms with Crippen molar-refractivity contribution in [3.63, 3.8) is 0 Å². The van der Waals surface area contributed by atoms with E-state index in [9.17, 15) is 10.2 Å². The van der Waals surface area contributed by atoms with Crippen LogP contribution >= 0.6 is 31.9 Å². The largest absolute Gasteiger partial charge is 0.508 e. The molecule has 0 saturated carbocycles. The highest BCUT2D eigenvalue weighted by atomic mass is 79.9. The van der Waals surface area contributed by atoms with Gasteiger partial charge in [-0.15, -0.1) is 0 Å². The fraction of sp³-hybridized carbons (Fsp3) is 0.100. The average Bonchev–Trinajstić information content (AvgIpc) is 2.59. The number of rotatable bonds is 0. The molecule has 0 aromatic heterocycles. The molecule has 3 aliphatic rings. The van der Waals surface area contributed by atoms with Crippen LogP contribution in [0.25, 0.3) is 0 Å². The van der Waals surface area contributed by atoms with Crippen molar-refractivity contribution in [3.05, 3.63) is 90.9 Å². The van der Waals surface area contributed by atoms with Gasteiger partial charge in [0.15, 0.2) is 0 Å². The zero-order valence-electron chi connectivity index (χ0n) is 12.4. The number of hydrogen-bond acceptors (Lipinski definition) is 2.